The highest BCUT2D eigenvalue weighted by molar-refractivity contribution is 4.77. The molecule has 0 aliphatic carbocycles. The molecule has 9 heavy (non-hydrogen) atoms. The Hall–Kier alpha value is -1.06. The fourth-order valence-corrected chi connectivity index (χ4v) is 0.426. The molecule has 0 radical (unpaired) electrons. The molecule has 0 fully saturated rings. The molecule has 0 saturated carbocycles. The number of aromatic nitrogens is 3. The van der Waals surface area contributed by atoms with E-state index in [4.69, 9.17) is 0 Å². The molecule has 0 bridgehead atoms. The number of rotatable bonds is 0. The number of aromatic amines is 1. The zero-order valence-electron chi connectivity index (χ0n) is 4.80. The topological polar surface area (TPSA) is 50.7 Å². The average Bonchev–Trinajstić information content (AvgIpc) is 1.98. The molecule has 4 heteroatoms. The molecule has 0 amide bonds. The van der Waals surface area contributed by atoms with E-state index in [-0.39, 0.29) is 13.1 Å². The molecule has 0 unspecified atom stereocenters. The largest absolute Gasteiger partial charge is 0.343 e. The van der Waals surface area contributed by atoms with Gasteiger partial charge in [0.15, 0.2) is 0 Å². The van der Waals surface area contributed by atoms with E-state index in [0.29, 0.717) is 5.82 Å². The smallest absolute Gasteiger partial charge is 0.282 e. The van der Waals surface area contributed by atoms with Crippen LogP contribution in [0, 0.1) is 6.92 Å². The predicted octanol–water partition coefficient (Wildman–Crippen LogP) is 0.0529. The van der Waals surface area contributed by atoms with Gasteiger partial charge in [0, 0.05) is 7.05 Å². The lowest BCUT2D eigenvalue weighted by Crippen LogP contribution is -2.12. The third-order valence-electron chi connectivity index (χ3n) is 1.10. The van der Waals surface area contributed by atoms with Crippen molar-refractivity contribution in [1.29, 1.82) is 0 Å². The van der Waals surface area contributed by atoms with Gasteiger partial charge in [0.05, 0.1) is 0 Å². The Morgan fingerprint density at radius 2 is 2.22 bits per heavy atom. The first-order valence-corrected chi connectivity index (χ1v) is 2.30. The van der Waals surface area contributed by atoms with Crippen molar-refractivity contribution in [2.45, 2.75) is 14.4 Å². The summed E-state index contributed by atoms with van der Waals surface area (Å²) in [6, 6.07) is 0. The maximum Gasteiger partial charge on any atom is 0.343 e. The Labute approximate surface area is 53.5 Å². The highest BCUT2D eigenvalue weighted by Crippen LogP contribution is 1.77. The molecule has 1 aromatic rings. The van der Waals surface area contributed by atoms with Gasteiger partial charge in [-0.1, -0.05) is 7.43 Å². The van der Waals surface area contributed by atoms with Crippen molar-refractivity contribution in [1.82, 2.24) is 14.8 Å². The van der Waals surface area contributed by atoms with E-state index in [0.717, 1.165) is 0 Å². The van der Waals surface area contributed by atoms with Crippen LogP contribution in [-0.4, -0.2) is 14.8 Å². The molecule has 1 N–H and O–H groups in total. The lowest BCUT2D eigenvalue weighted by atomic mass is 10.7. The number of aryl methyl sites for hydroxylation is 1. The summed E-state index contributed by atoms with van der Waals surface area (Å²) >= 11 is 0. The quantitative estimate of drug-likeness (QED) is 0.538. The van der Waals surface area contributed by atoms with E-state index in [1.807, 2.05) is 0 Å². The molecule has 52 valence electrons. The number of H-pyrrole nitrogens is 1. The monoisotopic (exact) mass is 129 g/mol. The van der Waals surface area contributed by atoms with Gasteiger partial charge in [-0.15, -0.1) is 0 Å². The zero-order chi connectivity index (χ0) is 6.15. The van der Waals surface area contributed by atoms with Crippen molar-refractivity contribution in [2.75, 3.05) is 0 Å². The Bertz CT molecular complexity index is 235. The maximum atomic E-state index is 10.5. The predicted molar refractivity (Wildman–Crippen MR) is 35.3 cm³/mol. The Morgan fingerprint density at radius 1 is 1.67 bits per heavy atom. The van der Waals surface area contributed by atoms with Gasteiger partial charge in [-0.05, 0) is 6.92 Å². The van der Waals surface area contributed by atoms with Gasteiger partial charge in [-0.2, -0.15) is 5.10 Å². The SMILES string of the molecule is C.Cc1n[nH]c(=O)n1C. The summed E-state index contributed by atoms with van der Waals surface area (Å²) in [5, 5.41) is 5.94. The second-order valence-corrected chi connectivity index (χ2v) is 1.63. The normalized spacial score (nSPS) is 8.67. The van der Waals surface area contributed by atoms with E-state index >= 15 is 0 Å². The summed E-state index contributed by atoms with van der Waals surface area (Å²) in [6.07, 6.45) is 0. The van der Waals surface area contributed by atoms with Gasteiger partial charge in [0.25, 0.3) is 0 Å². The van der Waals surface area contributed by atoms with Crippen LogP contribution in [0.5, 0.6) is 0 Å². The van der Waals surface area contributed by atoms with Gasteiger partial charge in [-0.25, -0.2) is 9.89 Å². The van der Waals surface area contributed by atoms with Crippen LogP contribution < -0.4 is 5.69 Å². The van der Waals surface area contributed by atoms with Crippen LogP contribution in [0.3, 0.4) is 0 Å². The van der Waals surface area contributed by atoms with Crippen LogP contribution >= 0.6 is 0 Å². The van der Waals surface area contributed by atoms with Gasteiger partial charge in [-0.3, -0.25) is 4.57 Å². The molecule has 1 aromatic heterocycles. The van der Waals surface area contributed by atoms with E-state index in [9.17, 15) is 4.79 Å². The Kier molecular flexibility index (Phi) is 2.19. The summed E-state index contributed by atoms with van der Waals surface area (Å²) in [5.74, 6) is 0.704. The minimum atomic E-state index is -0.164. The summed E-state index contributed by atoms with van der Waals surface area (Å²) in [5.41, 5.74) is -0.164. The second-order valence-electron chi connectivity index (χ2n) is 1.63. The fourth-order valence-electron chi connectivity index (χ4n) is 0.426. The van der Waals surface area contributed by atoms with Gasteiger partial charge in [0.1, 0.15) is 5.82 Å². The first kappa shape index (κ1) is 7.94. The van der Waals surface area contributed by atoms with Crippen LogP contribution in [0.1, 0.15) is 13.3 Å². The van der Waals surface area contributed by atoms with E-state index < -0.39 is 0 Å². The molecular weight excluding hydrogens is 118 g/mol. The minimum absolute atomic E-state index is 0. The summed E-state index contributed by atoms with van der Waals surface area (Å²) < 4.78 is 1.44. The Morgan fingerprint density at radius 3 is 2.33 bits per heavy atom. The van der Waals surface area contributed by atoms with Crippen LogP contribution in [-0.2, 0) is 7.05 Å². The van der Waals surface area contributed by atoms with Crippen molar-refractivity contribution in [3.05, 3.63) is 16.3 Å². The van der Waals surface area contributed by atoms with Crippen LogP contribution in [0.15, 0.2) is 4.79 Å². The minimum Gasteiger partial charge on any atom is -0.282 e. The van der Waals surface area contributed by atoms with Gasteiger partial charge >= 0.3 is 5.69 Å². The molecule has 4 nitrogen and oxygen atoms in total. The standard InChI is InChI=1S/C4H7N3O.CH4/c1-3-5-6-4(8)7(3)2;/h1-2H3,(H,6,8);1H4. The molecule has 1 heterocycles. The highest BCUT2D eigenvalue weighted by atomic mass is 16.1. The summed E-state index contributed by atoms with van der Waals surface area (Å²) in [7, 11) is 1.67. The number of nitrogens with one attached hydrogen (secondary N) is 1. The van der Waals surface area contributed by atoms with Crippen molar-refractivity contribution in [3.8, 4) is 0 Å². The molecule has 0 spiro atoms. The molecule has 0 aromatic carbocycles. The molecule has 0 aliphatic rings. The summed E-state index contributed by atoms with van der Waals surface area (Å²) in [6.45, 7) is 1.76. The lowest BCUT2D eigenvalue weighted by Gasteiger charge is -1.83. The van der Waals surface area contributed by atoms with E-state index in [1.54, 1.807) is 14.0 Å². The zero-order valence-corrected chi connectivity index (χ0v) is 4.80. The van der Waals surface area contributed by atoms with Crippen molar-refractivity contribution < 1.29 is 0 Å². The second kappa shape index (κ2) is 2.48. The van der Waals surface area contributed by atoms with Crippen molar-refractivity contribution in [2.24, 2.45) is 7.05 Å². The molecular formula is C5H11N3O. The number of hydrogen-bond acceptors (Lipinski definition) is 2. The van der Waals surface area contributed by atoms with Crippen LogP contribution in [0.4, 0.5) is 0 Å². The van der Waals surface area contributed by atoms with Gasteiger partial charge < -0.3 is 0 Å². The lowest BCUT2D eigenvalue weighted by molar-refractivity contribution is 0.825. The third-order valence-corrected chi connectivity index (χ3v) is 1.10. The third kappa shape index (κ3) is 1.19. The summed E-state index contributed by atoms with van der Waals surface area (Å²) in [4.78, 5) is 10.5. The maximum absolute atomic E-state index is 10.5. The van der Waals surface area contributed by atoms with Crippen LogP contribution in [0.25, 0.3) is 0 Å². The first-order chi connectivity index (χ1) is 3.72. The molecule has 1 rings (SSSR count). The van der Waals surface area contributed by atoms with E-state index in [1.165, 1.54) is 4.57 Å². The van der Waals surface area contributed by atoms with Crippen LogP contribution in [0.2, 0.25) is 0 Å². The van der Waals surface area contributed by atoms with Gasteiger partial charge in [0.2, 0.25) is 0 Å². The Balaban J connectivity index is 0.000000640. The molecule has 0 atom stereocenters. The van der Waals surface area contributed by atoms with Crippen molar-refractivity contribution in [3.63, 3.8) is 0 Å². The molecule has 0 saturated heterocycles. The highest BCUT2D eigenvalue weighted by Gasteiger charge is 1.93. The van der Waals surface area contributed by atoms with E-state index in [2.05, 4.69) is 10.2 Å². The fraction of sp³-hybridized carbons (Fsp3) is 0.600. The molecule has 0 aliphatic heterocycles. The number of hydrogen-bond donors (Lipinski definition) is 1. The number of nitrogens with zero attached hydrogens (tertiary/aromatic N) is 2. The average molecular weight is 129 g/mol. The first-order valence-electron chi connectivity index (χ1n) is 2.30. The van der Waals surface area contributed by atoms with Crippen molar-refractivity contribution >= 4 is 0 Å².